The number of methoxy groups -OCH3 is 3. The average Bonchev–Trinajstić information content (AvgIpc) is 0.808. The summed E-state index contributed by atoms with van der Waals surface area (Å²) in [6, 6.07) is 20.4. The molecule has 9 atom stereocenters. The van der Waals surface area contributed by atoms with Crippen molar-refractivity contribution >= 4 is 41.2 Å². The van der Waals surface area contributed by atoms with E-state index in [2.05, 4.69) is 76.6 Å². The molecule has 0 spiro atoms. The van der Waals surface area contributed by atoms with Crippen molar-refractivity contribution in [2.24, 2.45) is 26.4 Å². The molecule has 0 bridgehead atoms. The number of pyridine rings is 2. The number of aromatic nitrogens is 10. The molecule has 0 aliphatic carbocycles. The molecular formula is C72H83F4N23O10. The van der Waals surface area contributed by atoms with Crippen molar-refractivity contribution < 1.29 is 66.7 Å². The Kier molecular flexibility index (Phi) is 25.7. The van der Waals surface area contributed by atoms with E-state index in [4.69, 9.17) is 78.2 Å². The minimum Gasteiger partial charge on any atom is -0.481 e. The van der Waals surface area contributed by atoms with Crippen molar-refractivity contribution in [3.05, 3.63) is 182 Å². The Hall–Kier alpha value is -11.4. The molecule has 4 aliphatic heterocycles. The monoisotopic (exact) mass is 1510 g/mol. The van der Waals surface area contributed by atoms with Crippen LogP contribution < -0.4 is 70.4 Å². The van der Waals surface area contributed by atoms with E-state index >= 15 is 4.39 Å². The number of ether oxygens (including phenoxy) is 3. The lowest BCUT2D eigenvalue weighted by Crippen LogP contribution is -2.41. The minimum absolute atomic E-state index is 0.0247. The Morgan fingerprint density at radius 2 is 1.06 bits per heavy atom. The van der Waals surface area contributed by atoms with Gasteiger partial charge < -0.3 is 74.4 Å². The maximum Gasteiger partial charge on any atom is 0.257 e. The number of anilines is 4. The highest BCUT2D eigenvalue weighted by Gasteiger charge is 2.39. The van der Waals surface area contributed by atoms with Crippen LogP contribution in [-0.4, -0.2) is 179 Å². The van der Waals surface area contributed by atoms with E-state index in [1.165, 1.54) is 70.0 Å². The fourth-order valence-corrected chi connectivity index (χ4v) is 12.6. The van der Waals surface area contributed by atoms with Crippen LogP contribution in [-0.2, 0) is 27.4 Å². The number of aliphatic imine (C=N–C) groups is 3. The van der Waals surface area contributed by atoms with Gasteiger partial charge in [-0.15, -0.1) is 0 Å². The van der Waals surface area contributed by atoms with Gasteiger partial charge in [0.1, 0.15) is 23.5 Å². The normalized spacial score (nSPS) is 18.8. The Labute approximate surface area is 622 Å². The van der Waals surface area contributed by atoms with Crippen molar-refractivity contribution in [1.82, 2.24) is 71.6 Å². The SMILES string of the molecule is COc1cccc(-c2cc(F)ccc2[C@H]2Cc3nc(N)nc(C)c3C(NOCCC(N)CO)=N2)n1.COc1cccc(-c2cc(F)ccc2[C@H]2Cc3nc(N)nc(C)c3C(NOCCC(O)CN)=N2)n1.COc1nc(-c2cc(F)ccc2[C@@H]2N=C(NOCC3NCC(O)C3O)c3c(C)nc(N)nc3C2F)cnc1N. The molecular weight excluding hydrogens is 1420 g/mol. The average molecular weight is 1510 g/mol. The number of benzene rings is 3. The molecule has 109 heavy (non-hydrogen) atoms. The fraction of sp³-hybridized carbons (Fsp3) is 0.347. The number of aliphatic hydroxyl groups excluding tert-OH is 4. The first-order chi connectivity index (χ1) is 52.4. The van der Waals surface area contributed by atoms with Crippen LogP contribution >= 0.6 is 0 Å². The van der Waals surface area contributed by atoms with Gasteiger partial charge in [-0.25, -0.2) is 83.8 Å². The van der Waals surface area contributed by atoms with E-state index in [9.17, 15) is 28.5 Å². The van der Waals surface area contributed by atoms with Gasteiger partial charge in [-0.1, -0.05) is 30.3 Å². The first-order valence-corrected chi connectivity index (χ1v) is 34.3. The zero-order chi connectivity index (χ0) is 77.7. The largest absolute Gasteiger partial charge is 0.481 e. The van der Waals surface area contributed by atoms with Crippen LogP contribution in [0.15, 0.2) is 112 Å². The number of nitrogens with one attached hydrogen (secondary N) is 4. The van der Waals surface area contributed by atoms with Crippen molar-refractivity contribution in [2.75, 3.05) is 83.8 Å². The molecule has 1 saturated heterocycles. The third-order valence-corrected chi connectivity index (χ3v) is 17.9. The number of aryl methyl sites for hydroxylation is 3. The number of nitrogens with zero attached hydrogens (tertiary/aromatic N) is 13. The summed E-state index contributed by atoms with van der Waals surface area (Å²) in [7, 11) is 4.42. The number of hydrogen-bond donors (Lipinski definition) is 14. The van der Waals surface area contributed by atoms with Crippen LogP contribution in [0.3, 0.4) is 0 Å². The van der Waals surface area contributed by atoms with Crippen LogP contribution in [0.2, 0.25) is 0 Å². The molecule has 9 aromatic rings. The number of alkyl halides is 1. The quantitative estimate of drug-likeness (QED) is 0.0259. The molecule has 4 aliphatic rings. The maximum atomic E-state index is 16.2. The maximum absolute atomic E-state index is 16.2. The third kappa shape index (κ3) is 18.6. The summed E-state index contributed by atoms with van der Waals surface area (Å²) >= 11 is 0. The van der Waals surface area contributed by atoms with E-state index in [0.29, 0.717) is 111 Å². The summed E-state index contributed by atoms with van der Waals surface area (Å²) in [6.45, 7) is 5.90. The second kappa shape index (κ2) is 35.6. The zero-order valence-corrected chi connectivity index (χ0v) is 60.0. The van der Waals surface area contributed by atoms with Crippen molar-refractivity contribution in [2.45, 2.75) is 101 Å². The number of β-amino-alcohol motifs (C(OH)–C–C–N with tert-alkyl or cyclic N) is 1. The van der Waals surface area contributed by atoms with Crippen LogP contribution in [0.1, 0.15) is 105 Å². The van der Waals surface area contributed by atoms with E-state index in [-0.39, 0.29) is 109 Å². The van der Waals surface area contributed by atoms with E-state index < -0.39 is 66.1 Å². The molecule has 0 amide bonds. The van der Waals surface area contributed by atoms with Gasteiger partial charge in [0, 0.05) is 67.2 Å². The van der Waals surface area contributed by atoms with E-state index in [0.717, 1.165) is 11.1 Å². The lowest BCUT2D eigenvalue weighted by molar-refractivity contribution is 0.00222. The number of nitrogen functional groups attached to an aromatic ring is 4. The molecule has 6 aromatic heterocycles. The highest BCUT2D eigenvalue weighted by molar-refractivity contribution is 6.03. The Morgan fingerprint density at radius 1 is 0.578 bits per heavy atom. The predicted octanol–water partition coefficient (Wildman–Crippen LogP) is 3.98. The summed E-state index contributed by atoms with van der Waals surface area (Å²) < 4.78 is 74.8. The molecule has 3 aromatic carbocycles. The van der Waals surface area contributed by atoms with Gasteiger partial charge in [-0.3, -0.25) is 29.5 Å². The van der Waals surface area contributed by atoms with Gasteiger partial charge in [-0.2, -0.15) is 0 Å². The molecule has 33 nitrogen and oxygen atoms in total. The smallest absolute Gasteiger partial charge is 0.257 e. The summed E-state index contributed by atoms with van der Waals surface area (Å²) in [6.07, 6.45) is -1.43. The number of aliphatic hydroxyl groups is 4. The van der Waals surface area contributed by atoms with Crippen LogP contribution in [0, 0.1) is 38.2 Å². The van der Waals surface area contributed by atoms with Crippen LogP contribution in [0.25, 0.3) is 33.8 Å². The second-order valence-corrected chi connectivity index (χ2v) is 25.4. The number of halogens is 4. The number of hydroxylamine groups is 3. The number of nitrogens with two attached hydrogens (primary N) is 6. The molecule has 20 N–H and O–H groups in total. The lowest BCUT2D eigenvalue weighted by Gasteiger charge is -2.29. The highest BCUT2D eigenvalue weighted by atomic mass is 19.1. The molecule has 10 heterocycles. The van der Waals surface area contributed by atoms with Crippen molar-refractivity contribution in [1.29, 1.82) is 0 Å². The summed E-state index contributed by atoms with van der Waals surface area (Å²) in [5, 5.41) is 41.6. The molecule has 6 unspecified atom stereocenters. The topological polar surface area (TPSA) is 507 Å². The van der Waals surface area contributed by atoms with Gasteiger partial charge in [0.25, 0.3) is 5.88 Å². The number of rotatable bonds is 22. The highest BCUT2D eigenvalue weighted by Crippen LogP contribution is 2.45. The molecule has 574 valence electrons. The summed E-state index contributed by atoms with van der Waals surface area (Å²) in [5.41, 5.74) is 52.3. The van der Waals surface area contributed by atoms with Crippen LogP contribution in [0.5, 0.6) is 17.6 Å². The first kappa shape index (κ1) is 78.7. The fourth-order valence-electron chi connectivity index (χ4n) is 12.6. The Bertz CT molecular complexity index is 4650. The molecule has 1 fully saturated rings. The van der Waals surface area contributed by atoms with Gasteiger partial charge in [0.15, 0.2) is 29.5 Å². The number of amidine groups is 3. The van der Waals surface area contributed by atoms with Gasteiger partial charge in [-0.05, 0) is 92.4 Å². The van der Waals surface area contributed by atoms with Crippen LogP contribution in [0.4, 0.5) is 41.2 Å². The Morgan fingerprint density at radius 3 is 1.56 bits per heavy atom. The minimum atomic E-state index is -1.80. The molecule has 13 rings (SSSR count). The number of hydrogen-bond acceptors (Lipinski definition) is 33. The first-order valence-electron chi connectivity index (χ1n) is 34.3. The third-order valence-electron chi connectivity index (χ3n) is 17.9. The van der Waals surface area contributed by atoms with Gasteiger partial charge in [0.2, 0.25) is 29.6 Å². The van der Waals surface area contributed by atoms with Crippen molar-refractivity contribution in [3.63, 3.8) is 0 Å². The summed E-state index contributed by atoms with van der Waals surface area (Å²) in [5.74, 6) is 0.664. The zero-order valence-electron chi connectivity index (χ0n) is 60.0. The summed E-state index contributed by atoms with van der Waals surface area (Å²) in [4.78, 5) is 74.0. The van der Waals surface area contributed by atoms with Gasteiger partial charge >= 0.3 is 0 Å². The van der Waals surface area contributed by atoms with Gasteiger partial charge in [0.05, 0.1) is 158 Å². The Balaban J connectivity index is 0.000000163. The standard InChI is InChI=1S/C24H27F2N9O4.2C24H28FN7O3/c1-9-16-19(34-24(28)31-9)17(26)18(33-22(16)35-39-8-14-20(37)15(36)7-29-14)11-4-3-10(25)5-12(11)13-6-30-21(27)23(32-13)38-2;1-13-22-20(31-24(27)28-13)11-19(30-23(22)32-35-9-8-15(26)12-33)16-7-6-14(25)10-17(16)18-4-3-5-21(29-18)34-2;1-13-22-20(31-24(27)28-13)11-19(30-23(22)32-35-9-8-15(33)12-26)16-7-6-14(25)10-17(16)18-4-3-5-21(29-18)34-2/h3-6,14-15,17-18,20,29,36-37H,7-8H2,1-2H3,(H2,27,30)(H,33,35)(H2,28,31,34);2*3-7,10,15,19,33H,8-9,11-12,26H2,1-2H3,(H,30,32)(H2,27,28,31)/t14?,15?,17?,18-,20?;2*15?,19-/m011/s1. The lowest BCUT2D eigenvalue weighted by atomic mass is 9.90. The molecule has 0 radical (unpaired) electrons. The second-order valence-electron chi connectivity index (χ2n) is 25.4. The predicted molar refractivity (Wildman–Crippen MR) is 394 cm³/mol. The van der Waals surface area contributed by atoms with Crippen molar-refractivity contribution in [3.8, 4) is 51.4 Å². The number of fused-ring (bicyclic) bond motifs is 3. The van der Waals surface area contributed by atoms with E-state index in [1.807, 2.05) is 13.8 Å². The molecule has 37 heteroatoms. The van der Waals surface area contributed by atoms with E-state index in [1.54, 1.807) is 55.5 Å². The molecule has 0 saturated carbocycles.